The Hall–Kier alpha value is -0.650. The van der Waals surface area contributed by atoms with Crippen molar-refractivity contribution in [3.05, 3.63) is 0 Å². The number of morpholine rings is 1. The van der Waals surface area contributed by atoms with Crippen molar-refractivity contribution >= 4 is 5.91 Å². The van der Waals surface area contributed by atoms with Gasteiger partial charge in [0.1, 0.15) is 0 Å². The lowest BCUT2D eigenvalue weighted by Gasteiger charge is -2.31. The molecule has 17 heavy (non-hydrogen) atoms. The van der Waals surface area contributed by atoms with Crippen molar-refractivity contribution in [1.29, 1.82) is 0 Å². The number of amides is 1. The van der Waals surface area contributed by atoms with Gasteiger partial charge >= 0.3 is 0 Å². The van der Waals surface area contributed by atoms with Crippen LogP contribution in [0.1, 0.15) is 20.3 Å². The molecule has 0 bridgehead atoms. The maximum atomic E-state index is 12.0. The number of hydrogen-bond acceptors (Lipinski definition) is 4. The van der Waals surface area contributed by atoms with Crippen LogP contribution >= 0.6 is 0 Å². The van der Waals surface area contributed by atoms with E-state index in [1.807, 2.05) is 4.90 Å². The number of rotatable bonds is 6. The number of hydrogen-bond donors (Lipinski definition) is 1. The molecule has 1 aliphatic rings. The number of carbonyl (C=O) groups is 1. The van der Waals surface area contributed by atoms with Gasteiger partial charge in [-0.05, 0) is 20.3 Å². The monoisotopic (exact) mass is 244 g/mol. The topological polar surface area (TPSA) is 53.0 Å². The third kappa shape index (κ3) is 5.02. The van der Waals surface area contributed by atoms with E-state index in [0.717, 1.165) is 6.54 Å². The lowest BCUT2D eigenvalue weighted by Crippen LogP contribution is -2.47. The molecule has 1 heterocycles. The SMILES string of the molecule is CC(C)N(CCCO)CC(=O)N1CCOCC1. The van der Waals surface area contributed by atoms with Gasteiger partial charge in [-0.15, -0.1) is 0 Å². The van der Waals surface area contributed by atoms with E-state index in [9.17, 15) is 4.79 Å². The second-order valence-corrected chi connectivity index (χ2v) is 4.63. The summed E-state index contributed by atoms with van der Waals surface area (Å²) in [6.45, 7) is 8.22. The summed E-state index contributed by atoms with van der Waals surface area (Å²) in [6.07, 6.45) is 0.717. The summed E-state index contributed by atoms with van der Waals surface area (Å²) < 4.78 is 5.23. The van der Waals surface area contributed by atoms with Crippen molar-refractivity contribution in [2.75, 3.05) is 46.0 Å². The van der Waals surface area contributed by atoms with Gasteiger partial charge in [0.2, 0.25) is 5.91 Å². The van der Waals surface area contributed by atoms with Crippen LogP contribution < -0.4 is 0 Å². The molecule has 0 aromatic rings. The van der Waals surface area contributed by atoms with Crippen molar-refractivity contribution < 1.29 is 14.6 Å². The van der Waals surface area contributed by atoms with E-state index in [4.69, 9.17) is 9.84 Å². The molecular formula is C12H24N2O3. The first-order valence-corrected chi connectivity index (χ1v) is 6.35. The van der Waals surface area contributed by atoms with Gasteiger partial charge in [0, 0.05) is 32.3 Å². The molecule has 1 amide bonds. The molecule has 0 radical (unpaired) electrons. The fraction of sp³-hybridized carbons (Fsp3) is 0.917. The predicted molar refractivity (Wildman–Crippen MR) is 65.8 cm³/mol. The van der Waals surface area contributed by atoms with Crippen molar-refractivity contribution in [2.24, 2.45) is 0 Å². The van der Waals surface area contributed by atoms with Crippen molar-refractivity contribution in [3.63, 3.8) is 0 Å². The van der Waals surface area contributed by atoms with Crippen molar-refractivity contribution in [2.45, 2.75) is 26.3 Å². The Labute approximate surface area is 103 Å². The van der Waals surface area contributed by atoms with Crippen LogP contribution in [0.4, 0.5) is 0 Å². The number of nitrogens with zero attached hydrogens (tertiary/aromatic N) is 2. The van der Waals surface area contributed by atoms with E-state index in [0.29, 0.717) is 45.3 Å². The standard InChI is InChI=1S/C12H24N2O3/c1-11(2)14(4-3-7-15)10-12(16)13-5-8-17-9-6-13/h11,15H,3-10H2,1-2H3. The first kappa shape index (κ1) is 14.4. The van der Waals surface area contributed by atoms with E-state index >= 15 is 0 Å². The second-order valence-electron chi connectivity index (χ2n) is 4.63. The summed E-state index contributed by atoms with van der Waals surface area (Å²) in [4.78, 5) is 16.0. The Morgan fingerprint density at radius 2 is 2.06 bits per heavy atom. The van der Waals surface area contributed by atoms with Gasteiger partial charge in [0.25, 0.3) is 0 Å². The Morgan fingerprint density at radius 3 is 2.59 bits per heavy atom. The van der Waals surface area contributed by atoms with E-state index in [1.54, 1.807) is 0 Å². The maximum Gasteiger partial charge on any atom is 0.236 e. The van der Waals surface area contributed by atoms with E-state index in [-0.39, 0.29) is 12.5 Å². The summed E-state index contributed by atoms with van der Waals surface area (Å²) in [6, 6.07) is 0.326. The first-order valence-electron chi connectivity index (χ1n) is 6.35. The van der Waals surface area contributed by atoms with Gasteiger partial charge in [-0.3, -0.25) is 9.69 Å². The average molecular weight is 244 g/mol. The molecular weight excluding hydrogens is 220 g/mol. The normalized spacial score (nSPS) is 16.9. The molecule has 100 valence electrons. The third-order valence-electron chi connectivity index (χ3n) is 3.04. The maximum absolute atomic E-state index is 12.0. The summed E-state index contributed by atoms with van der Waals surface area (Å²) in [5.41, 5.74) is 0. The lowest BCUT2D eigenvalue weighted by atomic mass is 10.2. The fourth-order valence-corrected chi connectivity index (χ4v) is 1.88. The molecule has 5 nitrogen and oxygen atoms in total. The number of aliphatic hydroxyl groups excluding tert-OH is 1. The van der Waals surface area contributed by atoms with Crippen LogP contribution in [-0.4, -0.2) is 72.9 Å². The zero-order valence-electron chi connectivity index (χ0n) is 10.9. The molecule has 1 N–H and O–H groups in total. The molecule has 1 rings (SSSR count). The first-order chi connectivity index (χ1) is 8.15. The van der Waals surface area contributed by atoms with Gasteiger partial charge in [-0.25, -0.2) is 0 Å². The minimum atomic E-state index is 0.167. The quantitative estimate of drug-likeness (QED) is 0.711. The Kier molecular flexibility index (Phi) is 6.47. The third-order valence-corrected chi connectivity index (χ3v) is 3.04. The van der Waals surface area contributed by atoms with Gasteiger partial charge in [-0.2, -0.15) is 0 Å². The van der Waals surface area contributed by atoms with E-state index in [1.165, 1.54) is 0 Å². The fourth-order valence-electron chi connectivity index (χ4n) is 1.88. The van der Waals surface area contributed by atoms with Gasteiger partial charge in [0.05, 0.1) is 19.8 Å². The van der Waals surface area contributed by atoms with E-state index in [2.05, 4.69) is 18.7 Å². The number of aliphatic hydroxyl groups is 1. The second kappa shape index (κ2) is 7.63. The minimum absolute atomic E-state index is 0.167. The Morgan fingerprint density at radius 1 is 1.41 bits per heavy atom. The molecule has 0 atom stereocenters. The summed E-state index contributed by atoms with van der Waals surface area (Å²) in [5.74, 6) is 0.167. The number of ether oxygens (including phenoxy) is 1. The van der Waals surface area contributed by atoms with Gasteiger partial charge < -0.3 is 14.7 Å². The smallest absolute Gasteiger partial charge is 0.236 e. The highest BCUT2D eigenvalue weighted by atomic mass is 16.5. The highest BCUT2D eigenvalue weighted by molar-refractivity contribution is 5.78. The van der Waals surface area contributed by atoms with Crippen LogP contribution in [0, 0.1) is 0 Å². The average Bonchev–Trinajstić information content (AvgIpc) is 2.35. The summed E-state index contributed by atoms with van der Waals surface area (Å²) >= 11 is 0. The molecule has 5 heteroatoms. The Bertz CT molecular complexity index is 228. The van der Waals surface area contributed by atoms with Gasteiger partial charge in [0.15, 0.2) is 0 Å². The predicted octanol–water partition coefficient (Wildman–Crippen LogP) is -0.0620. The molecule has 1 saturated heterocycles. The van der Waals surface area contributed by atoms with Crippen molar-refractivity contribution in [3.8, 4) is 0 Å². The zero-order valence-corrected chi connectivity index (χ0v) is 10.9. The lowest BCUT2D eigenvalue weighted by molar-refractivity contribution is -0.137. The van der Waals surface area contributed by atoms with Crippen LogP contribution in [0.2, 0.25) is 0 Å². The summed E-state index contributed by atoms with van der Waals surface area (Å²) in [7, 11) is 0. The highest BCUT2D eigenvalue weighted by Gasteiger charge is 2.20. The largest absolute Gasteiger partial charge is 0.396 e. The highest BCUT2D eigenvalue weighted by Crippen LogP contribution is 2.03. The van der Waals surface area contributed by atoms with Crippen LogP contribution in [-0.2, 0) is 9.53 Å². The molecule has 0 unspecified atom stereocenters. The van der Waals surface area contributed by atoms with E-state index < -0.39 is 0 Å². The van der Waals surface area contributed by atoms with Crippen molar-refractivity contribution in [1.82, 2.24) is 9.80 Å². The molecule has 0 aliphatic carbocycles. The molecule has 1 fully saturated rings. The molecule has 0 spiro atoms. The Balaban J connectivity index is 2.39. The van der Waals surface area contributed by atoms with Crippen LogP contribution in [0.3, 0.4) is 0 Å². The minimum Gasteiger partial charge on any atom is -0.396 e. The molecule has 0 aromatic carbocycles. The van der Waals surface area contributed by atoms with Crippen LogP contribution in [0.5, 0.6) is 0 Å². The molecule has 1 aliphatic heterocycles. The summed E-state index contributed by atoms with van der Waals surface area (Å²) in [5, 5.41) is 8.84. The van der Waals surface area contributed by atoms with Crippen LogP contribution in [0.25, 0.3) is 0 Å². The van der Waals surface area contributed by atoms with Crippen LogP contribution in [0.15, 0.2) is 0 Å². The zero-order chi connectivity index (χ0) is 12.7. The molecule has 0 saturated carbocycles. The van der Waals surface area contributed by atoms with Gasteiger partial charge in [-0.1, -0.05) is 0 Å². The number of carbonyl (C=O) groups excluding carboxylic acids is 1. The molecule has 0 aromatic heterocycles.